The van der Waals surface area contributed by atoms with Crippen molar-refractivity contribution in [2.45, 2.75) is 44.9 Å². The van der Waals surface area contributed by atoms with Crippen LogP contribution in [-0.2, 0) is 6.42 Å². The predicted octanol–water partition coefficient (Wildman–Crippen LogP) is 2.57. The van der Waals surface area contributed by atoms with Crippen molar-refractivity contribution >= 4 is 5.97 Å². The zero-order valence-electron chi connectivity index (χ0n) is 10.1. The molecule has 1 heterocycles. The van der Waals surface area contributed by atoms with Gasteiger partial charge < -0.3 is 5.11 Å². The summed E-state index contributed by atoms with van der Waals surface area (Å²) in [7, 11) is 0. The smallest absolute Gasteiger partial charge is 0.354 e. The van der Waals surface area contributed by atoms with E-state index in [1.807, 2.05) is 0 Å². The van der Waals surface area contributed by atoms with Crippen molar-refractivity contribution in [3.05, 3.63) is 17.0 Å². The Kier molecular flexibility index (Phi) is 2.45. The molecule has 2 aliphatic carbocycles. The Bertz CT molecular complexity index is 452. The third-order valence-electron chi connectivity index (χ3n) is 4.34. The second-order valence-corrected chi connectivity index (χ2v) is 5.32. The molecular weight excluding hydrogens is 216 g/mol. The number of carboxylic acid groups (broad SMARTS) is 1. The number of rotatable bonds is 5. The Balaban J connectivity index is 1.68. The Morgan fingerprint density at radius 1 is 1.53 bits per heavy atom. The minimum absolute atomic E-state index is 0.319. The number of nitrogens with zero attached hydrogens (tertiary/aromatic N) is 1. The van der Waals surface area contributed by atoms with Crippen molar-refractivity contribution in [3.63, 3.8) is 0 Å². The van der Waals surface area contributed by atoms with Crippen molar-refractivity contribution in [3.8, 4) is 0 Å². The summed E-state index contributed by atoms with van der Waals surface area (Å²) in [5, 5.41) is 15.9. The Labute approximate surface area is 100 Å². The van der Waals surface area contributed by atoms with Gasteiger partial charge in [0.1, 0.15) is 5.69 Å². The summed E-state index contributed by atoms with van der Waals surface area (Å²) < 4.78 is 0. The van der Waals surface area contributed by atoms with Crippen molar-refractivity contribution in [1.82, 2.24) is 10.2 Å². The molecule has 3 unspecified atom stereocenters. The third-order valence-corrected chi connectivity index (χ3v) is 4.34. The molecule has 1 aromatic heterocycles. The first-order chi connectivity index (χ1) is 8.24. The first-order valence-electron chi connectivity index (χ1n) is 6.54. The molecule has 2 N–H and O–H groups in total. The van der Waals surface area contributed by atoms with Crippen LogP contribution in [0.1, 0.15) is 60.3 Å². The Morgan fingerprint density at radius 2 is 2.35 bits per heavy atom. The predicted molar refractivity (Wildman–Crippen MR) is 63.1 cm³/mol. The molecule has 0 saturated heterocycles. The Morgan fingerprint density at radius 3 is 3.06 bits per heavy atom. The molecule has 0 amide bonds. The number of H-pyrrole nitrogens is 1. The van der Waals surface area contributed by atoms with Gasteiger partial charge >= 0.3 is 5.97 Å². The summed E-state index contributed by atoms with van der Waals surface area (Å²) in [4.78, 5) is 11.0. The lowest BCUT2D eigenvalue weighted by Crippen LogP contribution is -2.02. The van der Waals surface area contributed by atoms with E-state index in [1.54, 1.807) is 0 Å². The minimum atomic E-state index is -0.873. The van der Waals surface area contributed by atoms with Crippen LogP contribution < -0.4 is 0 Å². The monoisotopic (exact) mass is 234 g/mol. The molecule has 92 valence electrons. The van der Waals surface area contributed by atoms with E-state index in [2.05, 4.69) is 17.1 Å². The summed E-state index contributed by atoms with van der Waals surface area (Å²) in [5.41, 5.74) is 2.34. The number of aromatic amines is 1. The summed E-state index contributed by atoms with van der Waals surface area (Å²) >= 11 is 0. The molecule has 0 aliphatic heterocycles. The SMILES string of the molecule is CCCCCC1C2Cc3c(n[nH]c3C(=O)O)C12. The van der Waals surface area contributed by atoms with Crippen molar-refractivity contribution < 1.29 is 9.90 Å². The van der Waals surface area contributed by atoms with E-state index in [0.29, 0.717) is 17.5 Å². The molecule has 1 saturated carbocycles. The van der Waals surface area contributed by atoms with Crippen molar-refractivity contribution in [2.24, 2.45) is 11.8 Å². The third kappa shape index (κ3) is 1.58. The minimum Gasteiger partial charge on any atom is -0.477 e. The Hall–Kier alpha value is -1.32. The largest absolute Gasteiger partial charge is 0.477 e. The molecule has 0 spiro atoms. The standard InChI is InChI=1S/C13H18N2O2/c1-2-3-4-5-7-8-6-9-11(10(7)8)14-15-12(9)13(16)17/h7-8,10H,2-6H2,1H3,(H,14,15)(H,16,17). The van der Waals surface area contributed by atoms with E-state index < -0.39 is 5.97 Å². The number of nitrogens with one attached hydrogen (secondary N) is 1. The molecule has 1 fully saturated rings. The summed E-state index contributed by atoms with van der Waals surface area (Å²) in [6, 6.07) is 0. The number of fused-ring (bicyclic) bond motifs is 3. The second-order valence-electron chi connectivity index (χ2n) is 5.32. The summed E-state index contributed by atoms with van der Waals surface area (Å²) in [6.45, 7) is 2.22. The van der Waals surface area contributed by atoms with Gasteiger partial charge in [0.2, 0.25) is 0 Å². The molecule has 1 aromatic rings. The molecule has 4 heteroatoms. The van der Waals surface area contributed by atoms with Crippen molar-refractivity contribution in [1.29, 1.82) is 0 Å². The maximum Gasteiger partial charge on any atom is 0.354 e. The van der Waals surface area contributed by atoms with E-state index in [1.165, 1.54) is 25.7 Å². The molecule has 0 radical (unpaired) electrons. The fourth-order valence-corrected chi connectivity index (χ4v) is 3.43. The molecule has 0 bridgehead atoms. The van der Waals surface area contributed by atoms with Crippen LogP contribution in [-0.4, -0.2) is 21.3 Å². The lowest BCUT2D eigenvalue weighted by Gasteiger charge is -2.02. The fraction of sp³-hybridized carbons (Fsp3) is 0.692. The van der Waals surface area contributed by atoms with Crippen LogP contribution in [0.4, 0.5) is 0 Å². The van der Waals surface area contributed by atoms with Gasteiger partial charge in [-0.25, -0.2) is 4.79 Å². The first-order valence-corrected chi connectivity index (χ1v) is 6.54. The van der Waals surface area contributed by atoms with Gasteiger partial charge in [0.15, 0.2) is 0 Å². The highest BCUT2D eigenvalue weighted by atomic mass is 16.4. The second kappa shape index (κ2) is 3.86. The van der Waals surface area contributed by atoms with Gasteiger partial charge in [-0.15, -0.1) is 0 Å². The van der Waals surface area contributed by atoms with E-state index in [0.717, 1.165) is 23.6 Å². The lowest BCUT2D eigenvalue weighted by atomic mass is 10.0. The number of hydrogen-bond donors (Lipinski definition) is 2. The zero-order chi connectivity index (χ0) is 12.0. The van der Waals surface area contributed by atoms with Gasteiger partial charge in [0.25, 0.3) is 0 Å². The average Bonchev–Trinajstić information content (AvgIpc) is 2.68. The van der Waals surface area contributed by atoms with Crippen LogP contribution in [0, 0.1) is 11.8 Å². The van der Waals surface area contributed by atoms with E-state index in [-0.39, 0.29) is 0 Å². The lowest BCUT2D eigenvalue weighted by molar-refractivity contribution is 0.0689. The van der Waals surface area contributed by atoms with Gasteiger partial charge in [0, 0.05) is 11.5 Å². The molecule has 0 aromatic carbocycles. The van der Waals surface area contributed by atoms with Gasteiger partial charge in [-0.3, -0.25) is 5.10 Å². The number of hydrogen-bond acceptors (Lipinski definition) is 2. The summed E-state index contributed by atoms with van der Waals surface area (Å²) in [6.07, 6.45) is 6.09. The number of carbonyl (C=O) groups is 1. The van der Waals surface area contributed by atoms with Crippen LogP contribution in [0.5, 0.6) is 0 Å². The van der Waals surface area contributed by atoms with Crippen LogP contribution in [0.25, 0.3) is 0 Å². The van der Waals surface area contributed by atoms with Gasteiger partial charge in [0.05, 0.1) is 5.69 Å². The van der Waals surface area contributed by atoms with Gasteiger partial charge in [-0.2, -0.15) is 5.10 Å². The fourth-order valence-electron chi connectivity index (χ4n) is 3.43. The number of aromatic carboxylic acids is 1. The molecule has 17 heavy (non-hydrogen) atoms. The normalized spacial score (nSPS) is 28.9. The number of unbranched alkanes of at least 4 members (excludes halogenated alkanes) is 2. The molecular formula is C13H18N2O2. The maximum absolute atomic E-state index is 11.0. The number of aromatic nitrogens is 2. The number of carboxylic acids is 1. The summed E-state index contributed by atoms with van der Waals surface area (Å²) in [5.74, 6) is 1.16. The van der Waals surface area contributed by atoms with E-state index in [4.69, 9.17) is 5.11 Å². The van der Waals surface area contributed by atoms with Crippen LogP contribution in [0.2, 0.25) is 0 Å². The van der Waals surface area contributed by atoms with Crippen LogP contribution in [0.3, 0.4) is 0 Å². The highest BCUT2D eigenvalue weighted by Gasteiger charge is 2.57. The quantitative estimate of drug-likeness (QED) is 0.769. The highest BCUT2D eigenvalue weighted by molar-refractivity contribution is 5.87. The topological polar surface area (TPSA) is 66.0 Å². The van der Waals surface area contributed by atoms with Crippen molar-refractivity contribution in [2.75, 3.05) is 0 Å². The molecule has 3 rings (SSSR count). The first kappa shape index (κ1) is 10.8. The van der Waals surface area contributed by atoms with E-state index in [9.17, 15) is 4.79 Å². The average molecular weight is 234 g/mol. The molecule has 2 aliphatic rings. The highest BCUT2D eigenvalue weighted by Crippen LogP contribution is 2.63. The van der Waals surface area contributed by atoms with Gasteiger partial charge in [-0.1, -0.05) is 26.2 Å². The zero-order valence-corrected chi connectivity index (χ0v) is 10.1. The molecule has 3 atom stereocenters. The van der Waals surface area contributed by atoms with Crippen LogP contribution >= 0.6 is 0 Å². The van der Waals surface area contributed by atoms with E-state index >= 15 is 0 Å². The molecule has 4 nitrogen and oxygen atoms in total. The maximum atomic E-state index is 11.0. The van der Waals surface area contributed by atoms with Crippen LogP contribution in [0.15, 0.2) is 0 Å². The van der Waals surface area contributed by atoms with Gasteiger partial charge in [-0.05, 0) is 24.7 Å².